The number of nitro groups is 2. The summed E-state index contributed by atoms with van der Waals surface area (Å²) < 4.78 is 34.6. The molecule has 3 aromatic carbocycles. The molecule has 0 radical (unpaired) electrons. The number of allylic oxidation sites excluding steroid dienone is 1. The van der Waals surface area contributed by atoms with Crippen molar-refractivity contribution in [3.05, 3.63) is 135 Å². The van der Waals surface area contributed by atoms with E-state index in [0.717, 1.165) is 22.0 Å². The molecule has 1 atom stereocenters. The second-order valence-corrected chi connectivity index (χ2v) is 12.3. The highest BCUT2D eigenvalue weighted by Crippen LogP contribution is 2.42. The fourth-order valence-electron chi connectivity index (χ4n) is 4.84. The number of hydrogen-bond acceptors (Lipinski definition) is 11. The molecule has 0 fully saturated rings. The van der Waals surface area contributed by atoms with Crippen molar-refractivity contribution >= 4 is 56.0 Å². The fourth-order valence-corrected chi connectivity index (χ4v) is 7.71. The van der Waals surface area contributed by atoms with E-state index in [-0.39, 0.29) is 43.2 Å². The SMILES string of the molecule is CCOC(=O)C1=c2s/c(=C\c3cccc([N+](=O)[O-])c3)c(=O)n2C(N)=C(S(=O)(=O)c2ccccc2)C1c1cccc([N+](=O)[O-])c1. The number of carbonyl (C=O) groups excluding carboxylic acids is 1. The first kappa shape index (κ1) is 30.1. The van der Waals surface area contributed by atoms with Gasteiger partial charge in [0, 0.05) is 24.3 Å². The molecule has 0 aliphatic carbocycles. The average molecular weight is 635 g/mol. The molecule has 0 saturated heterocycles. The molecule has 4 aromatic rings. The molecule has 0 bridgehead atoms. The van der Waals surface area contributed by atoms with Gasteiger partial charge in [-0.15, -0.1) is 11.3 Å². The van der Waals surface area contributed by atoms with Crippen LogP contribution in [0, 0.1) is 20.2 Å². The van der Waals surface area contributed by atoms with Gasteiger partial charge in [0.25, 0.3) is 16.9 Å². The third-order valence-corrected chi connectivity index (χ3v) is 9.75. The predicted molar refractivity (Wildman–Crippen MR) is 161 cm³/mol. The van der Waals surface area contributed by atoms with Gasteiger partial charge >= 0.3 is 5.97 Å². The molecular formula is C29H22N4O9S2. The minimum absolute atomic E-state index is 0.0126. The maximum Gasteiger partial charge on any atom is 0.338 e. The Kier molecular flexibility index (Phi) is 7.99. The van der Waals surface area contributed by atoms with Crippen molar-refractivity contribution in [3.63, 3.8) is 0 Å². The van der Waals surface area contributed by atoms with Crippen LogP contribution in [0.25, 0.3) is 17.5 Å². The van der Waals surface area contributed by atoms with Crippen LogP contribution in [0.1, 0.15) is 24.0 Å². The lowest BCUT2D eigenvalue weighted by Gasteiger charge is -2.28. The number of sulfone groups is 1. The molecule has 1 aliphatic heterocycles. The lowest BCUT2D eigenvalue weighted by molar-refractivity contribution is -0.385. The van der Waals surface area contributed by atoms with Gasteiger partial charge in [-0.05, 0) is 36.3 Å². The van der Waals surface area contributed by atoms with Gasteiger partial charge in [0.2, 0.25) is 9.84 Å². The lowest BCUT2D eigenvalue weighted by Crippen LogP contribution is -2.41. The average Bonchev–Trinajstić information content (AvgIpc) is 3.32. The van der Waals surface area contributed by atoms with E-state index >= 15 is 0 Å². The third kappa shape index (κ3) is 5.29. The minimum atomic E-state index is -4.53. The van der Waals surface area contributed by atoms with Crippen LogP contribution in [0.15, 0.2) is 93.5 Å². The Labute approximate surface area is 252 Å². The Hall–Kier alpha value is -5.41. The van der Waals surface area contributed by atoms with Crippen LogP contribution in [0.3, 0.4) is 0 Å². The normalized spacial score (nSPS) is 15.2. The highest BCUT2D eigenvalue weighted by atomic mass is 32.2. The van der Waals surface area contributed by atoms with Crippen molar-refractivity contribution < 1.29 is 27.8 Å². The zero-order valence-electron chi connectivity index (χ0n) is 22.8. The molecule has 1 aromatic heterocycles. The zero-order chi connectivity index (χ0) is 31.8. The molecule has 2 heterocycles. The van der Waals surface area contributed by atoms with Gasteiger partial charge in [-0.1, -0.05) is 42.5 Å². The number of nitrogens with zero attached hydrogens (tertiary/aromatic N) is 3. The Bertz CT molecular complexity index is 2170. The van der Waals surface area contributed by atoms with E-state index in [2.05, 4.69) is 0 Å². The van der Waals surface area contributed by atoms with Crippen LogP contribution in [-0.2, 0) is 19.4 Å². The van der Waals surface area contributed by atoms with Crippen LogP contribution in [-0.4, -0.2) is 35.4 Å². The number of hydrogen-bond donors (Lipinski definition) is 1. The van der Waals surface area contributed by atoms with E-state index in [4.69, 9.17) is 10.5 Å². The summed E-state index contributed by atoms with van der Waals surface area (Å²) in [5.41, 5.74) is 5.22. The van der Waals surface area contributed by atoms with E-state index in [1.165, 1.54) is 72.8 Å². The largest absolute Gasteiger partial charge is 0.463 e. The second-order valence-electron chi connectivity index (χ2n) is 9.39. The number of nitro benzene ring substituents is 2. The predicted octanol–water partition coefficient (Wildman–Crippen LogP) is 2.62. The second kappa shape index (κ2) is 11.7. The van der Waals surface area contributed by atoms with Gasteiger partial charge in [-0.25, -0.2) is 13.2 Å². The van der Waals surface area contributed by atoms with E-state index in [1.807, 2.05) is 0 Å². The molecule has 44 heavy (non-hydrogen) atoms. The molecule has 0 amide bonds. The van der Waals surface area contributed by atoms with Crippen LogP contribution >= 0.6 is 11.3 Å². The summed E-state index contributed by atoms with van der Waals surface area (Å²) in [6, 6.07) is 17.8. The van der Waals surface area contributed by atoms with E-state index in [0.29, 0.717) is 5.56 Å². The number of benzene rings is 3. The smallest absolute Gasteiger partial charge is 0.338 e. The number of nitrogens with two attached hydrogens (primary N) is 1. The van der Waals surface area contributed by atoms with Crippen molar-refractivity contribution in [1.82, 2.24) is 4.57 Å². The maximum absolute atomic E-state index is 14.2. The first-order valence-electron chi connectivity index (χ1n) is 12.9. The summed E-state index contributed by atoms with van der Waals surface area (Å²) in [6.07, 6.45) is 1.36. The monoisotopic (exact) mass is 634 g/mol. The first-order chi connectivity index (χ1) is 20.9. The number of non-ortho nitro benzene ring substituents is 2. The lowest BCUT2D eigenvalue weighted by atomic mass is 9.89. The Morgan fingerprint density at radius 1 is 1.00 bits per heavy atom. The summed E-state index contributed by atoms with van der Waals surface area (Å²) in [5, 5.41) is 23.0. The first-order valence-corrected chi connectivity index (χ1v) is 15.2. The van der Waals surface area contributed by atoms with Crippen LogP contribution < -0.4 is 20.5 Å². The molecule has 15 heteroatoms. The van der Waals surface area contributed by atoms with E-state index in [9.17, 15) is 38.2 Å². The van der Waals surface area contributed by atoms with Crippen molar-refractivity contribution in [1.29, 1.82) is 0 Å². The highest BCUT2D eigenvalue weighted by Gasteiger charge is 2.42. The number of carbonyl (C=O) groups is 1. The van der Waals surface area contributed by atoms with Crippen molar-refractivity contribution in [2.45, 2.75) is 17.7 Å². The van der Waals surface area contributed by atoms with Gasteiger partial charge in [-0.3, -0.25) is 29.6 Å². The Morgan fingerprint density at radius 2 is 1.64 bits per heavy atom. The molecule has 224 valence electrons. The van der Waals surface area contributed by atoms with E-state index in [1.54, 1.807) is 13.0 Å². The molecule has 1 unspecified atom stereocenters. The highest BCUT2D eigenvalue weighted by molar-refractivity contribution is 7.95. The van der Waals surface area contributed by atoms with Crippen LogP contribution in [0.5, 0.6) is 0 Å². The number of ether oxygens (including phenoxy) is 1. The fraction of sp³-hybridized carbons (Fsp3) is 0.103. The van der Waals surface area contributed by atoms with E-state index < -0.39 is 47.9 Å². The number of rotatable bonds is 8. The van der Waals surface area contributed by atoms with Gasteiger partial charge in [0.1, 0.15) is 15.4 Å². The molecule has 1 aliphatic rings. The molecule has 13 nitrogen and oxygen atoms in total. The number of esters is 1. The Balaban J connectivity index is 1.93. The third-order valence-electron chi connectivity index (χ3n) is 6.73. The summed E-state index contributed by atoms with van der Waals surface area (Å²) >= 11 is 0.799. The molecule has 2 N–H and O–H groups in total. The minimum Gasteiger partial charge on any atom is -0.463 e. The number of aromatic nitrogens is 1. The molecule has 5 rings (SSSR count). The standard InChI is InChI=1S/C29H22N4O9S2/c1-2-42-29(35)24-23(18-9-7-11-20(16-18)33(38)39)25(44(40,41)21-12-4-3-5-13-21)26(30)31-27(34)22(43-28(24)31)15-17-8-6-10-19(14-17)32(36)37/h3-16,23H,2,30H2,1H3/b22-15-. The summed E-state index contributed by atoms with van der Waals surface area (Å²) in [6.45, 7) is 1.44. The Morgan fingerprint density at radius 3 is 2.27 bits per heavy atom. The quantitative estimate of drug-likeness (QED) is 0.171. The molecule has 0 saturated carbocycles. The summed E-state index contributed by atoms with van der Waals surface area (Å²) in [4.78, 5) is 48.4. The van der Waals surface area contributed by atoms with Crippen molar-refractivity contribution in [2.75, 3.05) is 6.61 Å². The summed E-state index contributed by atoms with van der Waals surface area (Å²) in [5.74, 6) is -2.97. The van der Waals surface area contributed by atoms with Crippen molar-refractivity contribution in [2.24, 2.45) is 5.73 Å². The van der Waals surface area contributed by atoms with Gasteiger partial charge in [0.05, 0.1) is 37.4 Å². The topological polar surface area (TPSA) is 195 Å². The maximum atomic E-state index is 14.2. The molecule has 0 spiro atoms. The summed E-state index contributed by atoms with van der Waals surface area (Å²) in [7, 11) is -4.53. The van der Waals surface area contributed by atoms with Gasteiger partial charge < -0.3 is 10.5 Å². The van der Waals surface area contributed by atoms with Gasteiger partial charge in [-0.2, -0.15) is 0 Å². The van der Waals surface area contributed by atoms with Crippen molar-refractivity contribution in [3.8, 4) is 0 Å². The van der Waals surface area contributed by atoms with Crippen LogP contribution in [0.4, 0.5) is 11.4 Å². The van der Waals surface area contributed by atoms with Crippen LogP contribution in [0.2, 0.25) is 0 Å². The zero-order valence-corrected chi connectivity index (χ0v) is 24.4. The number of fused-ring (bicyclic) bond motifs is 1. The van der Waals surface area contributed by atoms with Gasteiger partial charge in [0.15, 0.2) is 0 Å². The number of thiazole rings is 1. The molecular weight excluding hydrogens is 612 g/mol.